The Morgan fingerprint density at radius 1 is 0.640 bits per heavy atom. The molecule has 1 aliphatic carbocycles. The second-order valence-corrected chi connectivity index (χ2v) is 12.7. The monoisotopic (exact) mass is 641 g/mol. The largest absolute Gasteiger partial charge is 0.309 e. The molecule has 0 aliphatic heterocycles. The van der Waals surface area contributed by atoms with Gasteiger partial charge in [-0.2, -0.15) is 15.8 Å². The highest BCUT2D eigenvalue weighted by Crippen LogP contribution is 2.38. The first-order valence-corrected chi connectivity index (χ1v) is 16.7. The summed E-state index contributed by atoms with van der Waals surface area (Å²) in [5, 5.41) is 32.8. The van der Waals surface area contributed by atoms with Gasteiger partial charge >= 0.3 is 0 Å². The van der Waals surface area contributed by atoms with Gasteiger partial charge in [-0.1, -0.05) is 60.7 Å². The summed E-state index contributed by atoms with van der Waals surface area (Å²) in [7, 11) is 0. The maximum atomic E-state index is 10.3. The average Bonchev–Trinajstić information content (AvgIpc) is 3.68. The summed E-state index contributed by atoms with van der Waals surface area (Å²) in [4.78, 5) is 0. The number of rotatable bonds is 5. The van der Waals surface area contributed by atoms with Gasteiger partial charge in [0.15, 0.2) is 0 Å². The van der Waals surface area contributed by atoms with Gasteiger partial charge in [-0.25, -0.2) is 0 Å². The molecule has 0 saturated carbocycles. The molecular weight excluding hydrogens is 611 g/mol. The number of nitriles is 3. The molecule has 0 fully saturated rings. The fourth-order valence-electron chi connectivity index (χ4n) is 7.44. The van der Waals surface area contributed by atoms with E-state index in [2.05, 4.69) is 114 Å². The third-order valence-corrected chi connectivity index (χ3v) is 9.82. The van der Waals surface area contributed by atoms with Crippen molar-refractivity contribution in [3.8, 4) is 29.6 Å². The van der Waals surface area contributed by atoms with Crippen molar-refractivity contribution >= 4 is 49.9 Å². The zero-order chi connectivity index (χ0) is 34.4. The summed E-state index contributed by atoms with van der Waals surface area (Å²) in [5.41, 5.74) is 13.4. The van der Waals surface area contributed by atoms with E-state index >= 15 is 0 Å². The molecule has 7 aromatic rings. The van der Waals surface area contributed by atoms with Crippen LogP contribution >= 0.6 is 0 Å². The van der Waals surface area contributed by atoms with Crippen LogP contribution in [0.15, 0.2) is 121 Å². The number of hydrogen-bond donors (Lipinski definition) is 0. The highest BCUT2D eigenvalue weighted by molar-refractivity contribution is 6.10. The van der Waals surface area contributed by atoms with Gasteiger partial charge in [0.25, 0.3) is 0 Å². The van der Waals surface area contributed by atoms with Crippen molar-refractivity contribution in [1.82, 2.24) is 9.13 Å². The van der Waals surface area contributed by atoms with Gasteiger partial charge in [0.2, 0.25) is 0 Å². The topological polar surface area (TPSA) is 81.2 Å². The van der Waals surface area contributed by atoms with Gasteiger partial charge in [0, 0.05) is 33.1 Å². The van der Waals surface area contributed by atoms with Crippen molar-refractivity contribution in [2.75, 3.05) is 0 Å². The highest BCUT2D eigenvalue weighted by atomic mass is 15.0. The molecular formula is C45H31N5. The lowest BCUT2D eigenvalue weighted by Gasteiger charge is -2.17. The standard InChI is InChI=1S/C45H31N5/c1-29(33-9-7-11-35(25-33)49-42-22-20-31(26-46)23-39(42)38-21-19-32(27-47)24-44(38)49)17-18-30(2)45-34(28-48)10-8-16-43(45)50-40-14-5-3-12-36(40)37-13-4-6-15-41(37)50/h3,5-12,14-25H,4,13H2,1-2H3/b29-17+,30-18+. The summed E-state index contributed by atoms with van der Waals surface area (Å²) >= 11 is 0. The van der Waals surface area contributed by atoms with Crippen LogP contribution in [-0.4, -0.2) is 9.13 Å². The van der Waals surface area contributed by atoms with E-state index in [1.807, 2.05) is 54.6 Å². The number of hydrogen-bond acceptors (Lipinski definition) is 3. The molecule has 0 bridgehead atoms. The van der Waals surface area contributed by atoms with E-state index in [9.17, 15) is 15.8 Å². The Morgan fingerprint density at radius 2 is 1.40 bits per heavy atom. The molecule has 1 aliphatic rings. The van der Waals surface area contributed by atoms with Gasteiger partial charge in [0.05, 0.1) is 57.1 Å². The molecule has 50 heavy (non-hydrogen) atoms. The van der Waals surface area contributed by atoms with Gasteiger partial charge in [-0.15, -0.1) is 0 Å². The number of benzene rings is 5. The highest BCUT2D eigenvalue weighted by Gasteiger charge is 2.21. The predicted molar refractivity (Wildman–Crippen MR) is 203 cm³/mol. The molecule has 236 valence electrons. The summed E-state index contributed by atoms with van der Waals surface area (Å²) in [6.07, 6.45) is 10.7. The van der Waals surface area contributed by atoms with Crippen molar-refractivity contribution in [2.45, 2.75) is 26.7 Å². The molecule has 8 rings (SSSR count). The fourth-order valence-corrected chi connectivity index (χ4v) is 7.44. The predicted octanol–water partition coefficient (Wildman–Crippen LogP) is 10.8. The first-order chi connectivity index (χ1) is 24.5. The minimum atomic E-state index is 0.580. The maximum absolute atomic E-state index is 10.3. The minimum Gasteiger partial charge on any atom is -0.309 e. The number of nitrogens with zero attached hydrogens (tertiary/aromatic N) is 5. The first-order valence-electron chi connectivity index (χ1n) is 16.7. The molecule has 0 spiro atoms. The van der Waals surface area contributed by atoms with Gasteiger partial charge < -0.3 is 9.13 Å². The third-order valence-electron chi connectivity index (χ3n) is 9.82. The lowest BCUT2D eigenvalue weighted by atomic mass is 9.97. The second kappa shape index (κ2) is 12.3. The van der Waals surface area contributed by atoms with Crippen LogP contribution in [0.1, 0.15) is 59.3 Å². The Labute approximate surface area is 290 Å². The van der Waals surface area contributed by atoms with Gasteiger partial charge in [-0.05, 0) is 116 Å². The quantitative estimate of drug-likeness (QED) is 0.175. The van der Waals surface area contributed by atoms with Crippen LogP contribution in [0, 0.1) is 34.0 Å². The average molecular weight is 642 g/mol. The van der Waals surface area contributed by atoms with Gasteiger partial charge in [0.1, 0.15) is 0 Å². The van der Waals surface area contributed by atoms with Crippen LogP contribution in [-0.2, 0) is 6.42 Å². The van der Waals surface area contributed by atoms with E-state index in [0.717, 1.165) is 73.8 Å². The molecule has 2 heterocycles. The van der Waals surface area contributed by atoms with E-state index in [0.29, 0.717) is 16.7 Å². The second-order valence-electron chi connectivity index (χ2n) is 12.7. The normalized spacial score (nSPS) is 12.9. The molecule has 0 radical (unpaired) electrons. The van der Waals surface area contributed by atoms with Crippen LogP contribution in [0.4, 0.5) is 0 Å². The van der Waals surface area contributed by atoms with Crippen molar-refractivity contribution in [2.24, 2.45) is 0 Å². The fraction of sp³-hybridized carbons (Fsp3) is 0.0889. The molecule has 0 unspecified atom stereocenters. The molecule has 5 aromatic carbocycles. The molecule has 0 atom stereocenters. The summed E-state index contributed by atoms with van der Waals surface area (Å²) < 4.78 is 4.48. The lowest BCUT2D eigenvalue weighted by molar-refractivity contribution is 0.966. The van der Waals surface area contributed by atoms with Crippen LogP contribution < -0.4 is 0 Å². The lowest BCUT2D eigenvalue weighted by Crippen LogP contribution is -2.04. The Hall–Kier alpha value is -6.87. The number of aromatic nitrogens is 2. The smallest absolute Gasteiger partial charge is 0.0998 e. The molecule has 0 N–H and O–H groups in total. The Bertz CT molecular complexity index is 2760. The van der Waals surface area contributed by atoms with Crippen molar-refractivity contribution in [1.29, 1.82) is 15.8 Å². The van der Waals surface area contributed by atoms with Crippen LogP contribution in [0.25, 0.3) is 61.3 Å². The molecule has 0 saturated heterocycles. The number of para-hydroxylation sites is 1. The third kappa shape index (κ3) is 4.91. The van der Waals surface area contributed by atoms with Crippen molar-refractivity contribution < 1.29 is 0 Å². The zero-order valence-corrected chi connectivity index (χ0v) is 27.8. The summed E-state index contributed by atoms with van der Waals surface area (Å²) in [5.74, 6) is 0. The number of fused-ring (bicyclic) bond motifs is 6. The maximum Gasteiger partial charge on any atom is 0.0998 e. The van der Waals surface area contributed by atoms with Crippen LogP contribution in [0.2, 0.25) is 0 Å². The van der Waals surface area contributed by atoms with Crippen molar-refractivity contribution in [3.05, 3.63) is 160 Å². The Kier molecular flexibility index (Phi) is 7.49. The molecule has 0 amide bonds. The van der Waals surface area contributed by atoms with Crippen LogP contribution in [0.5, 0.6) is 0 Å². The van der Waals surface area contributed by atoms with E-state index < -0.39 is 0 Å². The SMILES string of the molecule is C/C(=C\C=C(/C)c1c(C#N)cccc1-n1c2c(c3ccccc31)CCC=C2)c1cccc(-n2c3ccc(C#N)cc3c3ccc(C#N)cc32)c1. The Morgan fingerprint density at radius 3 is 2.24 bits per heavy atom. The van der Waals surface area contributed by atoms with E-state index in [1.54, 1.807) is 0 Å². The first kappa shape index (κ1) is 30.5. The molecule has 2 aromatic heterocycles. The van der Waals surface area contributed by atoms with E-state index in [-0.39, 0.29) is 0 Å². The Balaban J connectivity index is 1.23. The summed E-state index contributed by atoms with van der Waals surface area (Å²) in [6.45, 7) is 4.17. The molecule has 5 nitrogen and oxygen atoms in total. The van der Waals surface area contributed by atoms with E-state index in [4.69, 9.17) is 0 Å². The van der Waals surface area contributed by atoms with Crippen LogP contribution in [0.3, 0.4) is 0 Å². The van der Waals surface area contributed by atoms with E-state index in [1.165, 1.54) is 16.6 Å². The van der Waals surface area contributed by atoms with Crippen molar-refractivity contribution in [3.63, 3.8) is 0 Å². The molecule has 5 heteroatoms. The summed E-state index contributed by atoms with van der Waals surface area (Å²) in [6, 6.07) is 41.3. The number of allylic oxidation sites excluding steroid dienone is 5. The zero-order valence-electron chi connectivity index (χ0n) is 27.8. The number of aryl methyl sites for hydroxylation is 1. The van der Waals surface area contributed by atoms with Gasteiger partial charge in [-0.3, -0.25) is 0 Å². The minimum absolute atomic E-state index is 0.580.